The Morgan fingerprint density at radius 2 is 2.24 bits per heavy atom. The second-order valence-electron chi connectivity index (χ2n) is 3.78. The smallest absolute Gasteiger partial charge is 0.319 e. The lowest BCUT2D eigenvalue weighted by molar-refractivity contribution is -0.115. The Labute approximate surface area is 135 Å². The van der Waals surface area contributed by atoms with Gasteiger partial charge >= 0.3 is 6.03 Å². The van der Waals surface area contributed by atoms with Crippen molar-refractivity contribution in [2.24, 2.45) is 5.73 Å². The highest BCUT2D eigenvalue weighted by atomic mass is 127. The highest BCUT2D eigenvalue weighted by Crippen LogP contribution is 2.23. The third kappa shape index (κ3) is 5.27. The molecule has 3 amide bonds. The van der Waals surface area contributed by atoms with Gasteiger partial charge in [-0.3, -0.25) is 10.1 Å². The van der Waals surface area contributed by atoms with E-state index < -0.39 is 11.9 Å². The van der Waals surface area contributed by atoms with Crippen LogP contribution in [0.25, 0.3) is 6.08 Å². The molecule has 1 rings (SSSR count). The van der Waals surface area contributed by atoms with E-state index in [1.165, 1.54) is 6.08 Å². The Hall–Kier alpha value is -2.34. The first-order valence-corrected chi connectivity index (χ1v) is 6.81. The first-order valence-electron chi connectivity index (χ1n) is 5.73. The van der Waals surface area contributed by atoms with E-state index in [-0.39, 0.29) is 5.57 Å². The number of carbonyl (C=O) groups is 2. The second-order valence-corrected chi connectivity index (χ2v) is 4.94. The maximum Gasteiger partial charge on any atom is 0.319 e. The Morgan fingerprint density at radius 3 is 2.76 bits per heavy atom. The van der Waals surface area contributed by atoms with Crippen molar-refractivity contribution in [2.75, 3.05) is 6.61 Å². The lowest BCUT2D eigenvalue weighted by atomic mass is 10.1. The van der Waals surface area contributed by atoms with Crippen molar-refractivity contribution in [3.05, 3.63) is 45.6 Å². The molecule has 0 heterocycles. The number of nitriles is 1. The van der Waals surface area contributed by atoms with Crippen molar-refractivity contribution < 1.29 is 14.3 Å². The number of carbonyl (C=O) groups excluding carboxylic acids is 2. The van der Waals surface area contributed by atoms with Crippen LogP contribution >= 0.6 is 22.6 Å². The Kier molecular flexibility index (Phi) is 6.42. The molecule has 0 fully saturated rings. The molecule has 0 unspecified atom stereocenters. The molecule has 0 saturated heterocycles. The van der Waals surface area contributed by atoms with Gasteiger partial charge in [-0.2, -0.15) is 5.26 Å². The van der Waals surface area contributed by atoms with E-state index >= 15 is 0 Å². The van der Waals surface area contributed by atoms with E-state index in [1.54, 1.807) is 30.3 Å². The van der Waals surface area contributed by atoms with Crippen LogP contribution in [-0.4, -0.2) is 18.5 Å². The van der Waals surface area contributed by atoms with E-state index in [0.29, 0.717) is 17.9 Å². The molecule has 6 nitrogen and oxygen atoms in total. The topological polar surface area (TPSA) is 105 Å². The molecule has 0 saturated carbocycles. The molecule has 0 aliphatic carbocycles. The van der Waals surface area contributed by atoms with Crippen LogP contribution in [0.4, 0.5) is 4.79 Å². The van der Waals surface area contributed by atoms with Crippen LogP contribution in [0, 0.1) is 14.9 Å². The summed E-state index contributed by atoms with van der Waals surface area (Å²) in [6.07, 6.45) is 2.99. The number of benzene rings is 1. The second kappa shape index (κ2) is 8.06. The Morgan fingerprint density at radius 1 is 1.52 bits per heavy atom. The Balaban J connectivity index is 2.99. The van der Waals surface area contributed by atoms with Crippen molar-refractivity contribution in [3.8, 4) is 11.8 Å². The fourth-order valence-electron chi connectivity index (χ4n) is 1.37. The summed E-state index contributed by atoms with van der Waals surface area (Å²) in [4.78, 5) is 22.2. The maximum atomic E-state index is 11.5. The quantitative estimate of drug-likeness (QED) is 0.343. The monoisotopic (exact) mass is 397 g/mol. The molecule has 7 heteroatoms. The van der Waals surface area contributed by atoms with Crippen LogP contribution in [-0.2, 0) is 4.79 Å². The first-order chi connectivity index (χ1) is 9.97. The number of rotatable bonds is 5. The number of urea groups is 1. The van der Waals surface area contributed by atoms with E-state index in [4.69, 9.17) is 15.7 Å². The van der Waals surface area contributed by atoms with Crippen LogP contribution < -0.4 is 15.8 Å². The van der Waals surface area contributed by atoms with Crippen molar-refractivity contribution in [1.29, 1.82) is 5.26 Å². The van der Waals surface area contributed by atoms with Gasteiger partial charge in [0, 0.05) is 0 Å². The minimum atomic E-state index is -1.01. The van der Waals surface area contributed by atoms with E-state index in [0.717, 1.165) is 3.57 Å². The average molecular weight is 397 g/mol. The number of nitrogens with zero attached hydrogens (tertiary/aromatic N) is 1. The number of halogens is 1. The van der Waals surface area contributed by atoms with Gasteiger partial charge in [-0.05, 0) is 46.4 Å². The van der Waals surface area contributed by atoms with Crippen molar-refractivity contribution in [3.63, 3.8) is 0 Å². The molecule has 0 aliphatic rings. The summed E-state index contributed by atoms with van der Waals surface area (Å²) in [6.45, 7) is 3.95. The van der Waals surface area contributed by atoms with Crippen LogP contribution in [0.3, 0.4) is 0 Å². The fraction of sp³-hybridized carbons (Fsp3) is 0.0714. The summed E-state index contributed by atoms with van der Waals surface area (Å²) < 4.78 is 6.24. The number of nitrogens with one attached hydrogen (secondary N) is 1. The number of hydrogen-bond acceptors (Lipinski definition) is 4. The molecular formula is C14H12IN3O3. The third-order valence-electron chi connectivity index (χ3n) is 2.23. The number of ether oxygens (including phenoxy) is 1. The van der Waals surface area contributed by atoms with E-state index in [1.807, 2.05) is 5.32 Å². The molecule has 108 valence electrons. The van der Waals surface area contributed by atoms with Gasteiger partial charge in [0.25, 0.3) is 5.91 Å². The number of primary amides is 1. The molecule has 21 heavy (non-hydrogen) atoms. The van der Waals surface area contributed by atoms with Gasteiger partial charge in [-0.15, -0.1) is 0 Å². The molecule has 0 aromatic heterocycles. The highest BCUT2D eigenvalue weighted by molar-refractivity contribution is 14.1. The van der Waals surface area contributed by atoms with Crippen LogP contribution in [0.5, 0.6) is 5.75 Å². The standard InChI is InChI=1S/C14H12IN3O3/c1-2-5-21-12-4-3-9(7-11(12)15)6-10(8-16)13(19)18-14(17)20/h2-4,6-7H,1,5H2,(H3,17,18,19,20)/b10-6-. The molecule has 3 N–H and O–H groups in total. The largest absolute Gasteiger partial charge is 0.488 e. The van der Waals surface area contributed by atoms with Gasteiger partial charge < -0.3 is 10.5 Å². The van der Waals surface area contributed by atoms with Gasteiger partial charge in [0.15, 0.2) is 0 Å². The SMILES string of the molecule is C=CCOc1ccc(/C=C(/C#N)C(=O)NC(N)=O)cc1I. The van der Waals surface area contributed by atoms with E-state index in [9.17, 15) is 9.59 Å². The predicted molar refractivity (Wildman–Crippen MR) is 86.2 cm³/mol. The number of hydrogen-bond donors (Lipinski definition) is 2. The van der Waals surface area contributed by atoms with Gasteiger partial charge in [-0.25, -0.2) is 4.79 Å². The van der Waals surface area contributed by atoms with Crippen molar-refractivity contribution in [1.82, 2.24) is 5.32 Å². The zero-order valence-corrected chi connectivity index (χ0v) is 13.1. The third-order valence-corrected chi connectivity index (χ3v) is 3.07. The zero-order chi connectivity index (χ0) is 15.8. The summed E-state index contributed by atoms with van der Waals surface area (Å²) in [5, 5.41) is 10.8. The number of amides is 3. The van der Waals surface area contributed by atoms with Gasteiger partial charge in [-0.1, -0.05) is 18.7 Å². The molecule has 1 aromatic rings. The number of imide groups is 1. The average Bonchev–Trinajstić information content (AvgIpc) is 2.43. The molecule has 0 radical (unpaired) electrons. The molecule has 1 aromatic carbocycles. The molecular weight excluding hydrogens is 385 g/mol. The fourth-order valence-corrected chi connectivity index (χ4v) is 2.06. The van der Waals surface area contributed by atoms with Gasteiger partial charge in [0.2, 0.25) is 0 Å². The minimum Gasteiger partial charge on any atom is -0.488 e. The summed E-state index contributed by atoms with van der Waals surface area (Å²) in [5.74, 6) is -0.167. The van der Waals surface area contributed by atoms with Crippen molar-refractivity contribution in [2.45, 2.75) is 0 Å². The minimum absolute atomic E-state index is 0.218. The van der Waals surface area contributed by atoms with Crippen molar-refractivity contribution >= 4 is 40.6 Å². The zero-order valence-electron chi connectivity index (χ0n) is 10.9. The maximum absolute atomic E-state index is 11.5. The summed E-state index contributed by atoms with van der Waals surface area (Å²) >= 11 is 2.08. The first kappa shape index (κ1) is 16.7. The van der Waals surface area contributed by atoms with Crippen LogP contribution in [0.2, 0.25) is 0 Å². The number of nitrogens with two attached hydrogens (primary N) is 1. The predicted octanol–water partition coefficient (Wildman–Crippen LogP) is 1.96. The lowest BCUT2D eigenvalue weighted by Crippen LogP contribution is -2.35. The highest BCUT2D eigenvalue weighted by Gasteiger charge is 2.11. The molecule has 0 atom stereocenters. The normalized spacial score (nSPS) is 10.4. The summed E-state index contributed by atoms with van der Waals surface area (Å²) in [7, 11) is 0. The van der Waals surface area contributed by atoms with Crippen LogP contribution in [0.1, 0.15) is 5.56 Å². The van der Waals surface area contributed by atoms with E-state index in [2.05, 4.69) is 29.2 Å². The van der Waals surface area contributed by atoms with Gasteiger partial charge in [0.05, 0.1) is 3.57 Å². The van der Waals surface area contributed by atoms with Crippen LogP contribution in [0.15, 0.2) is 36.4 Å². The molecule has 0 aliphatic heterocycles. The lowest BCUT2D eigenvalue weighted by Gasteiger charge is -2.06. The summed E-state index contributed by atoms with van der Waals surface area (Å²) in [6, 6.07) is 5.86. The Bertz CT molecular complexity index is 647. The molecule has 0 bridgehead atoms. The summed E-state index contributed by atoms with van der Waals surface area (Å²) in [5.41, 5.74) is 5.24. The molecule has 0 spiro atoms. The van der Waals surface area contributed by atoms with Gasteiger partial charge in [0.1, 0.15) is 24.0 Å².